The Balaban J connectivity index is -0.0000000300. The van der Waals surface area contributed by atoms with E-state index in [2.05, 4.69) is 40.5 Å². The van der Waals surface area contributed by atoms with Crippen molar-refractivity contribution in [2.45, 2.75) is 40.5 Å². The van der Waals surface area contributed by atoms with Gasteiger partial charge in [0.2, 0.25) is 0 Å². The SMILES string of the molecule is C[CH-]CC.C[CH-]CC.Cl.[Mg+2]. The van der Waals surface area contributed by atoms with Crippen LogP contribution in [0.1, 0.15) is 40.5 Å². The van der Waals surface area contributed by atoms with E-state index in [-0.39, 0.29) is 35.5 Å². The smallest absolute Gasteiger partial charge is 0.332 e. The minimum Gasteiger partial charge on any atom is -0.332 e. The molecule has 0 heterocycles. The summed E-state index contributed by atoms with van der Waals surface area (Å²) in [6, 6.07) is 0. The van der Waals surface area contributed by atoms with Crippen LogP contribution in [-0.2, 0) is 0 Å². The second-order valence-corrected chi connectivity index (χ2v) is 1.63. The summed E-state index contributed by atoms with van der Waals surface area (Å²) in [6.45, 7) is 8.36. The monoisotopic (exact) mass is 174 g/mol. The second kappa shape index (κ2) is 32.3. The third-order valence-electron chi connectivity index (χ3n) is 0.816. The number of hydrogen-bond acceptors (Lipinski definition) is 0. The Morgan fingerprint density at radius 2 is 1.00 bits per heavy atom. The van der Waals surface area contributed by atoms with Gasteiger partial charge in [-0.25, -0.2) is 0 Å². The molecule has 0 bridgehead atoms. The van der Waals surface area contributed by atoms with Gasteiger partial charge in [0.1, 0.15) is 0 Å². The fraction of sp³-hybridized carbons (Fsp3) is 0.750. The first-order valence-electron chi connectivity index (χ1n) is 3.39. The Labute approximate surface area is 88.7 Å². The van der Waals surface area contributed by atoms with Crippen LogP contribution in [0.5, 0.6) is 0 Å². The average molecular weight is 175 g/mol. The van der Waals surface area contributed by atoms with E-state index in [4.69, 9.17) is 0 Å². The van der Waals surface area contributed by atoms with Crippen LogP contribution in [0, 0.1) is 12.8 Å². The van der Waals surface area contributed by atoms with Gasteiger partial charge in [0.25, 0.3) is 0 Å². The van der Waals surface area contributed by atoms with Crippen LogP contribution < -0.4 is 0 Å². The molecule has 2 heteroatoms. The Morgan fingerprint density at radius 3 is 1.00 bits per heavy atom. The van der Waals surface area contributed by atoms with Crippen LogP contribution in [0.15, 0.2) is 0 Å². The molecule has 0 aliphatic carbocycles. The van der Waals surface area contributed by atoms with E-state index in [9.17, 15) is 0 Å². The number of hydrogen-bond donors (Lipinski definition) is 0. The Bertz CT molecular complexity index is 17.2. The van der Waals surface area contributed by atoms with Gasteiger partial charge in [0, 0.05) is 0 Å². The molecule has 0 atom stereocenters. The molecule has 0 saturated heterocycles. The third-order valence-corrected chi connectivity index (χ3v) is 0.816. The normalized spacial score (nSPS) is 6.00. The molecule has 0 nitrogen and oxygen atoms in total. The predicted octanol–water partition coefficient (Wildman–Crippen LogP) is 3.28. The van der Waals surface area contributed by atoms with Crippen molar-refractivity contribution in [3.05, 3.63) is 12.8 Å². The molecule has 0 radical (unpaired) electrons. The molecular formula is C8H19ClMg. The zero-order chi connectivity index (χ0) is 6.83. The molecule has 0 saturated carbocycles. The van der Waals surface area contributed by atoms with Gasteiger partial charge in [-0.3, -0.25) is 0 Å². The van der Waals surface area contributed by atoms with E-state index in [1.807, 2.05) is 0 Å². The first-order valence-corrected chi connectivity index (χ1v) is 3.39. The summed E-state index contributed by atoms with van der Waals surface area (Å²) in [5.74, 6) is 0. The molecule has 60 valence electrons. The van der Waals surface area contributed by atoms with E-state index in [1.165, 1.54) is 12.8 Å². The van der Waals surface area contributed by atoms with Crippen molar-refractivity contribution in [3.8, 4) is 0 Å². The van der Waals surface area contributed by atoms with Crippen LogP contribution in [0.2, 0.25) is 0 Å². The van der Waals surface area contributed by atoms with Crippen molar-refractivity contribution < 1.29 is 0 Å². The molecule has 0 aromatic rings. The van der Waals surface area contributed by atoms with Crippen LogP contribution in [0.25, 0.3) is 0 Å². The van der Waals surface area contributed by atoms with Crippen molar-refractivity contribution in [1.82, 2.24) is 0 Å². The summed E-state index contributed by atoms with van der Waals surface area (Å²) in [5, 5.41) is 0. The molecular weight excluding hydrogens is 156 g/mol. The van der Waals surface area contributed by atoms with Gasteiger partial charge in [-0.15, -0.1) is 12.4 Å². The first-order chi connectivity index (χ1) is 3.83. The standard InChI is InChI=1S/2C4H9.ClH.Mg/c2*1-3-4-2;;/h2*3H,4H2,1-2H3;1H;/q2*-1;;+2. The third kappa shape index (κ3) is 62.9. The maximum absolute atomic E-state index is 2.12. The molecule has 0 fully saturated rings. The average Bonchev–Trinajstić information content (AvgIpc) is 1.88. The minimum absolute atomic E-state index is 0. The molecule has 10 heavy (non-hydrogen) atoms. The molecule has 0 aliphatic rings. The van der Waals surface area contributed by atoms with Crippen LogP contribution in [0.3, 0.4) is 0 Å². The molecule has 0 aromatic carbocycles. The van der Waals surface area contributed by atoms with E-state index in [0.717, 1.165) is 0 Å². The minimum atomic E-state index is 0. The molecule has 0 unspecified atom stereocenters. The summed E-state index contributed by atoms with van der Waals surface area (Å²) in [6.07, 6.45) is 6.64. The van der Waals surface area contributed by atoms with E-state index in [0.29, 0.717) is 0 Å². The maximum atomic E-state index is 2.12. The topological polar surface area (TPSA) is 0 Å². The zero-order valence-electron chi connectivity index (χ0n) is 7.68. The van der Waals surface area contributed by atoms with Crippen molar-refractivity contribution in [2.24, 2.45) is 0 Å². The Kier molecular flexibility index (Phi) is 72.4. The van der Waals surface area contributed by atoms with Crippen molar-refractivity contribution in [3.63, 3.8) is 0 Å². The zero-order valence-corrected chi connectivity index (χ0v) is 9.91. The molecule has 0 rings (SSSR count). The second-order valence-electron chi connectivity index (χ2n) is 1.63. The number of halogens is 1. The molecule has 0 N–H and O–H groups in total. The van der Waals surface area contributed by atoms with E-state index >= 15 is 0 Å². The quantitative estimate of drug-likeness (QED) is 0.446. The van der Waals surface area contributed by atoms with Crippen LogP contribution in [0.4, 0.5) is 0 Å². The number of rotatable bonds is 2. The van der Waals surface area contributed by atoms with Gasteiger partial charge < -0.3 is 12.8 Å². The summed E-state index contributed by atoms with van der Waals surface area (Å²) in [4.78, 5) is 0. The summed E-state index contributed by atoms with van der Waals surface area (Å²) < 4.78 is 0. The fourth-order valence-electron chi connectivity index (χ4n) is 0. The Hall–Kier alpha value is 1.06. The molecule has 0 spiro atoms. The maximum Gasteiger partial charge on any atom is 2.00 e. The van der Waals surface area contributed by atoms with Crippen molar-refractivity contribution in [1.29, 1.82) is 0 Å². The Morgan fingerprint density at radius 1 is 0.900 bits per heavy atom. The molecule has 0 aliphatic heterocycles. The van der Waals surface area contributed by atoms with Crippen molar-refractivity contribution in [2.75, 3.05) is 0 Å². The van der Waals surface area contributed by atoms with Gasteiger partial charge in [-0.05, 0) is 0 Å². The molecule has 0 aromatic heterocycles. The van der Waals surface area contributed by atoms with Gasteiger partial charge in [-0.2, -0.15) is 26.7 Å². The van der Waals surface area contributed by atoms with Crippen molar-refractivity contribution >= 4 is 35.5 Å². The fourth-order valence-corrected chi connectivity index (χ4v) is 0. The van der Waals surface area contributed by atoms with Gasteiger partial charge in [0.05, 0.1) is 0 Å². The summed E-state index contributed by atoms with van der Waals surface area (Å²) >= 11 is 0. The number of unbranched alkanes of at least 4 members (excludes halogenated alkanes) is 2. The first kappa shape index (κ1) is 22.5. The van der Waals surface area contributed by atoms with Gasteiger partial charge in [0.15, 0.2) is 0 Å². The van der Waals surface area contributed by atoms with E-state index in [1.54, 1.807) is 0 Å². The van der Waals surface area contributed by atoms with Gasteiger partial charge in [-0.1, -0.05) is 13.8 Å². The summed E-state index contributed by atoms with van der Waals surface area (Å²) in [7, 11) is 0. The van der Waals surface area contributed by atoms with E-state index < -0.39 is 0 Å². The largest absolute Gasteiger partial charge is 2.00 e. The summed E-state index contributed by atoms with van der Waals surface area (Å²) in [5.41, 5.74) is 0. The van der Waals surface area contributed by atoms with Crippen LogP contribution >= 0.6 is 12.4 Å². The van der Waals surface area contributed by atoms with Crippen LogP contribution in [-0.4, -0.2) is 23.1 Å². The van der Waals surface area contributed by atoms with Gasteiger partial charge >= 0.3 is 23.1 Å². The molecule has 0 amide bonds. The predicted molar refractivity (Wildman–Crippen MR) is 53.5 cm³/mol.